The molecule has 8 heteroatoms. The van der Waals surface area contributed by atoms with Crippen molar-refractivity contribution in [2.45, 2.75) is 117 Å². The number of hydrogen-bond acceptors (Lipinski definition) is 7. The number of hydrogen-bond donors (Lipinski definition) is 1. The summed E-state index contributed by atoms with van der Waals surface area (Å²) in [5.74, 6) is -1.50. The number of rotatable bonds is 12. The van der Waals surface area contributed by atoms with Crippen molar-refractivity contribution in [3.63, 3.8) is 0 Å². The van der Waals surface area contributed by atoms with Crippen LogP contribution in [0.25, 0.3) is 0 Å². The minimum Gasteiger partial charge on any atom is -0.463 e. The second kappa shape index (κ2) is 12.2. The van der Waals surface area contributed by atoms with Crippen LogP contribution in [0.15, 0.2) is 23.5 Å². The molecule has 0 aromatic rings. The first-order valence-corrected chi connectivity index (χ1v) is 14.9. The number of unbranched alkanes of at least 4 members (excludes halogenated alkanes) is 3. The molecule has 0 radical (unpaired) electrons. The van der Waals surface area contributed by atoms with Crippen LogP contribution in [0.4, 0.5) is 0 Å². The predicted molar refractivity (Wildman–Crippen MR) is 131 cm³/mol. The van der Waals surface area contributed by atoms with Gasteiger partial charge in [0.25, 0.3) is 0 Å². The van der Waals surface area contributed by atoms with E-state index in [0.29, 0.717) is 18.8 Å². The summed E-state index contributed by atoms with van der Waals surface area (Å²) in [4.78, 5) is 24.1. The second-order valence-electron chi connectivity index (χ2n) is 10.5. The van der Waals surface area contributed by atoms with Crippen LogP contribution in [0.1, 0.15) is 80.6 Å². The molecule has 33 heavy (non-hydrogen) atoms. The van der Waals surface area contributed by atoms with E-state index in [4.69, 9.17) is 18.6 Å². The number of ether oxygens (including phenoxy) is 3. The highest BCUT2D eigenvalue weighted by atomic mass is 28.4. The van der Waals surface area contributed by atoms with E-state index in [0.717, 1.165) is 25.7 Å². The van der Waals surface area contributed by atoms with E-state index in [1.54, 1.807) is 27.7 Å². The molecule has 0 aliphatic carbocycles. The van der Waals surface area contributed by atoms with Crippen molar-refractivity contribution >= 4 is 20.3 Å². The molecular formula is C25H44O7Si. The van der Waals surface area contributed by atoms with E-state index in [2.05, 4.69) is 33.9 Å². The van der Waals surface area contributed by atoms with Gasteiger partial charge in [0.1, 0.15) is 17.4 Å². The number of esters is 2. The first kappa shape index (κ1) is 29.4. The summed E-state index contributed by atoms with van der Waals surface area (Å²) in [6.07, 6.45) is 5.38. The van der Waals surface area contributed by atoms with Crippen LogP contribution in [-0.4, -0.2) is 50.0 Å². The molecule has 2 atom stereocenters. The van der Waals surface area contributed by atoms with Crippen molar-refractivity contribution in [1.29, 1.82) is 0 Å². The third-order valence-electron chi connectivity index (χ3n) is 6.07. The van der Waals surface area contributed by atoms with Crippen molar-refractivity contribution in [1.82, 2.24) is 0 Å². The minimum atomic E-state index is -2.14. The fourth-order valence-electron chi connectivity index (χ4n) is 3.27. The van der Waals surface area contributed by atoms with Crippen LogP contribution in [0.3, 0.4) is 0 Å². The normalized spacial score (nSPS) is 18.7. The molecule has 7 nitrogen and oxygen atoms in total. The van der Waals surface area contributed by atoms with E-state index in [-0.39, 0.29) is 16.6 Å². The lowest BCUT2D eigenvalue weighted by molar-refractivity contribution is -0.211. The summed E-state index contributed by atoms with van der Waals surface area (Å²) < 4.78 is 22.6. The molecule has 1 heterocycles. The van der Waals surface area contributed by atoms with Crippen molar-refractivity contribution in [2.75, 3.05) is 6.61 Å². The summed E-state index contributed by atoms with van der Waals surface area (Å²) in [5, 5.41) is 11.0. The van der Waals surface area contributed by atoms with E-state index in [1.807, 2.05) is 6.08 Å². The number of carbonyl (C=O) groups excluding carboxylic acids is 2. The molecule has 0 aromatic heterocycles. The van der Waals surface area contributed by atoms with Gasteiger partial charge in [0, 0.05) is 26.3 Å². The Balaban J connectivity index is 2.84. The van der Waals surface area contributed by atoms with Gasteiger partial charge in [0.2, 0.25) is 5.79 Å². The van der Waals surface area contributed by atoms with E-state index in [9.17, 15) is 14.7 Å². The van der Waals surface area contributed by atoms with Gasteiger partial charge in [-0.15, -0.1) is 0 Å². The highest BCUT2D eigenvalue weighted by Crippen LogP contribution is 2.39. The number of cyclic esters (lactones) is 1. The van der Waals surface area contributed by atoms with Crippen molar-refractivity contribution < 1.29 is 33.3 Å². The molecule has 2 unspecified atom stereocenters. The smallest absolute Gasteiger partial charge is 0.343 e. The molecule has 1 aliphatic heterocycles. The van der Waals surface area contributed by atoms with Crippen molar-refractivity contribution in [3.05, 3.63) is 23.5 Å². The predicted octanol–water partition coefficient (Wildman–Crippen LogP) is 5.39. The van der Waals surface area contributed by atoms with E-state index < -0.39 is 32.3 Å². The van der Waals surface area contributed by atoms with Gasteiger partial charge in [-0.3, -0.25) is 0 Å². The van der Waals surface area contributed by atoms with Crippen molar-refractivity contribution in [3.8, 4) is 0 Å². The molecule has 0 saturated carbocycles. The molecule has 1 rings (SSSR count). The molecule has 0 bridgehead atoms. The van der Waals surface area contributed by atoms with Gasteiger partial charge < -0.3 is 23.7 Å². The third-order valence-corrected chi connectivity index (χ3v) is 10.6. The fraction of sp³-hybridized carbons (Fsp3) is 0.760. The molecule has 0 fully saturated rings. The zero-order valence-corrected chi connectivity index (χ0v) is 22.9. The average Bonchev–Trinajstić information content (AvgIpc) is 2.64. The maximum Gasteiger partial charge on any atom is 0.343 e. The Morgan fingerprint density at radius 2 is 1.82 bits per heavy atom. The quantitative estimate of drug-likeness (QED) is 0.172. The Labute approximate surface area is 200 Å². The van der Waals surface area contributed by atoms with Gasteiger partial charge in [0.15, 0.2) is 8.32 Å². The van der Waals surface area contributed by atoms with Crippen LogP contribution >= 0.6 is 0 Å². The van der Waals surface area contributed by atoms with Crippen molar-refractivity contribution in [2.24, 2.45) is 0 Å². The second-order valence-corrected chi connectivity index (χ2v) is 15.3. The zero-order chi connectivity index (χ0) is 25.4. The zero-order valence-electron chi connectivity index (χ0n) is 21.9. The average molecular weight is 485 g/mol. The summed E-state index contributed by atoms with van der Waals surface area (Å²) >= 11 is 0. The molecule has 1 N–H and O–H groups in total. The summed E-state index contributed by atoms with van der Waals surface area (Å²) in [6.45, 7) is 17.9. The van der Waals surface area contributed by atoms with Gasteiger partial charge in [-0.05, 0) is 51.2 Å². The molecular weight excluding hydrogens is 440 g/mol. The lowest BCUT2D eigenvalue weighted by Gasteiger charge is -2.41. The van der Waals surface area contributed by atoms with Crippen LogP contribution in [-0.2, 0) is 28.2 Å². The van der Waals surface area contributed by atoms with Crippen LogP contribution in [0, 0.1) is 0 Å². The van der Waals surface area contributed by atoms with Gasteiger partial charge in [-0.1, -0.05) is 33.3 Å². The number of carbonyl (C=O) groups is 2. The first-order chi connectivity index (χ1) is 15.1. The van der Waals surface area contributed by atoms with E-state index in [1.165, 1.54) is 6.08 Å². The molecule has 0 amide bonds. The Hall–Kier alpha value is -1.64. The minimum absolute atomic E-state index is 0.0223. The highest BCUT2D eigenvalue weighted by molar-refractivity contribution is 6.74. The Morgan fingerprint density at radius 1 is 1.18 bits per heavy atom. The van der Waals surface area contributed by atoms with Gasteiger partial charge in [-0.2, -0.15) is 0 Å². The number of aliphatic hydroxyl groups excluding tert-OH is 1. The molecule has 190 valence electrons. The first-order valence-electron chi connectivity index (χ1n) is 12.0. The molecule has 0 aromatic carbocycles. The summed E-state index contributed by atoms with van der Waals surface area (Å²) in [7, 11) is -2.14. The van der Waals surface area contributed by atoms with E-state index >= 15 is 0 Å². The lowest BCUT2D eigenvalue weighted by Crippen LogP contribution is -2.48. The third kappa shape index (κ3) is 9.26. The Morgan fingerprint density at radius 3 is 2.39 bits per heavy atom. The fourth-order valence-corrected chi connectivity index (χ4v) is 4.68. The summed E-state index contributed by atoms with van der Waals surface area (Å²) in [6, 6.07) is 0. The van der Waals surface area contributed by atoms with Gasteiger partial charge >= 0.3 is 11.9 Å². The monoisotopic (exact) mass is 484 g/mol. The largest absolute Gasteiger partial charge is 0.463 e. The van der Waals surface area contributed by atoms with Gasteiger partial charge in [-0.25, -0.2) is 9.59 Å². The van der Waals surface area contributed by atoms with Crippen LogP contribution < -0.4 is 0 Å². The molecule has 0 spiro atoms. The van der Waals surface area contributed by atoms with Gasteiger partial charge in [0.05, 0.1) is 12.7 Å². The maximum atomic E-state index is 12.8. The Bertz CT molecular complexity index is 732. The van der Waals surface area contributed by atoms with Crippen LogP contribution in [0.2, 0.25) is 18.1 Å². The SMILES string of the molecule is CCOC(=O)/C=C/CCCCCC1=C(C(O)C(C)O[Si](C)(C)C(C)(C)C)C(=O)OC(C)(C)O1. The summed E-state index contributed by atoms with van der Waals surface area (Å²) in [5.41, 5.74) is 0.155. The van der Waals surface area contributed by atoms with Crippen LogP contribution in [0.5, 0.6) is 0 Å². The standard InChI is InChI=1S/C25H44O7Si/c1-10-29-20(26)17-15-13-11-12-14-16-19-21(23(28)31-25(6,7)30-19)22(27)18(2)32-33(8,9)24(3,4)5/h15,17-18,22,27H,10-14,16H2,1-9H3/b17-15+. The topological polar surface area (TPSA) is 91.3 Å². The highest BCUT2D eigenvalue weighted by Gasteiger charge is 2.44. The number of aliphatic hydroxyl groups is 1. The maximum absolute atomic E-state index is 12.8. The molecule has 1 aliphatic rings. The number of allylic oxidation sites excluding steroid dienone is 2. The molecule has 0 saturated heterocycles. The Kier molecular flexibility index (Phi) is 10.8. The lowest BCUT2D eigenvalue weighted by atomic mass is 9.99.